The fourth-order valence-electron chi connectivity index (χ4n) is 4.09. The van der Waals surface area contributed by atoms with Crippen LogP contribution in [-0.4, -0.2) is 55.3 Å². The number of hydrogen-bond donors (Lipinski definition) is 1. The van der Waals surface area contributed by atoms with Crippen LogP contribution in [0.5, 0.6) is 0 Å². The molecule has 1 saturated heterocycles. The highest BCUT2D eigenvalue weighted by molar-refractivity contribution is 5.98. The molecule has 0 unspecified atom stereocenters. The lowest BCUT2D eigenvalue weighted by Crippen LogP contribution is -2.57. The van der Waals surface area contributed by atoms with E-state index in [-0.39, 0.29) is 18.1 Å². The minimum Gasteiger partial charge on any atom is -0.385 e. The van der Waals surface area contributed by atoms with Crippen molar-refractivity contribution >= 4 is 11.8 Å². The van der Waals surface area contributed by atoms with E-state index in [1.807, 2.05) is 0 Å². The fourth-order valence-corrected chi connectivity index (χ4v) is 4.09. The van der Waals surface area contributed by atoms with Gasteiger partial charge >= 0.3 is 0 Å². The molecule has 0 aromatic heterocycles. The largest absolute Gasteiger partial charge is 0.385 e. The number of ether oxygens (including phenoxy) is 2. The summed E-state index contributed by atoms with van der Waals surface area (Å²) in [4.78, 5) is 27.6. The predicted octanol–water partition coefficient (Wildman–Crippen LogP) is 2.73. The van der Waals surface area contributed by atoms with E-state index in [2.05, 4.69) is 12.2 Å². The zero-order chi connectivity index (χ0) is 20.1. The number of amides is 2. The van der Waals surface area contributed by atoms with Crippen LogP contribution in [0.3, 0.4) is 0 Å². The van der Waals surface area contributed by atoms with E-state index in [4.69, 9.17) is 9.47 Å². The Bertz CT molecular complexity index is 703. The predicted molar refractivity (Wildman–Crippen MR) is 102 cm³/mol. The van der Waals surface area contributed by atoms with Crippen LogP contribution in [-0.2, 0) is 14.3 Å². The van der Waals surface area contributed by atoms with Gasteiger partial charge in [0, 0.05) is 20.3 Å². The number of nitrogens with zero attached hydrogens (tertiary/aromatic N) is 1. The molecule has 154 valence electrons. The van der Waals surface area contributed by atoms with E-state index in [0.717, 1.165) is 12.8 Å². The molecule has 2 fully saturated rings. The summed E-state index contributed by atoms with van der Waals surface area (Å²) in [6, 6.07) is 5.14. The molecule has 0 bridgehead atoms. The van der Waals surface area contributed by atoms with Crippen molar-refractivity contribution in [1.82, 2.24) is 10.2 Å². The van der Waals surface area contributed by atoms with Gasteiger partial charge in [0.15, 0.2) is 0 Å². The Morgan fingerprint density at radius 1 is 1.32 bits per heavy atom. The van der Waals surface area contributed by atoms with Crippen LogP contribution in [0.15, 0.2) is 24.3 Å². The van der Waals surface area contributed by atoms with Gasteiger partial charge in [-0.1, -0.05) is 19.1 Å². The van der Waals surface area contributed by atoms with Crippen LogP contribution in [0.2, 0.25) is 0 Å². The van der Waals surface area contributed by atoms with E-state index in [9.17, 15) is 14.0 Å². The first kappa shape index (κ1) is 20.7. The summed E-state index contributed by atoms with van der Waals surface area (Å²) < 4.78 is 25.4. The topological polar surface area (TPSA) is 67.9 Å². The first-order valence-electron chi connectivity index (χ1n) is 9.97. The molecule has 1 heterocycles. The Balaban J connectivity index is 1.84. The minimum absolute atomic E-state index is 0.0248. The van der Waals surface area contributed by atoms with Crippen LogP contribution in [0.1, 0.15) is 49.4 Å². The van der Waals surface area contributed by atoms with Gasteiger partial charge in [0.1, 0.15) is 17.6 Å². The van der Waals surface area contributed by atoms with Crippen molar-refractivity contribution in [2.24, 2.45) is 5.92 Å². The summed E-state index contributed by atoms with van der Waals surface area (Å²) in [5.41, 5.74) is -0.858. The third-order valence-electron chi connectivity index (χ3n) is 5.77. The Morgan fingerprint density at radius 3 is 2.71 bits per heavy atom. The number of carbonyl (C=O) groups is 2. The molecule has 0 radical (unpaired) electrons. The van der Waals surface area contributed by atoms with Gasteiger partial charge in [0.2, 0.25) is 5.91 Å². The Morgan fingerprint density at radius 2 is 2.04 bits per heavy atom. The lowest BCUT2D eigenvalue weighted by molar-refractivity contribution is -0.127. The van der Waals surface area contributed by atoms with Crippen molar-refractivity contribution in [2.45, 2.75) is 50.8 Å². The maximum Gasteiger partial charge on any atom is 0.259 e. The highest BCUT2D eigenvalue weighted by Gasteiger charge is 2.53. The van der Waals surface area contributed by atoms with Gasteiger partial charge in [-0.25, -0.2) is 4.39 Å². The van der Waals surface area contributed by atoms with Crippen LogP contribution < -0.4 is 5.32 Å². The number of rotatable bonds is 6. The van der Waals surface area contributed by atoms with Gasteiger partial charge in [-0.3, -0.25) is 14.5 Å². The van der Waals surface area contributed by atoms with E-state index in [1.165, 1.54) is 17.0 Å². The van der Waals surface area contributed by atoms with Crippen molar-refractivity contribution in [3.05, 3.63) is 35.6 Å². The Kier molecular flexibility index (Phi) is 6.67. The van der Waals surface area contributed by atoms with Gasteiger partial charge in [-0.15, -0.1) is 0 Å². The summed E-state index contributed by atoms with van der Waals surface area (Å²) in [7, 11) is 1.61. The average Bonchev–Trinajstić information content (AvgIpc) is 3.06. The Labute approximate surface area is 165 Å². The van der Waals surface area contributed by atoms with Crippen molar-refractivity contribution in [2.75, 3.05) is 26.9 Å². The van der Waals surface area contributed by atoms with E-state index in [1.54, 1.807) is 19.2 Å². The number of benzene rings is 1. The first-order valence-corrected chi connectivity index (χ1v) is 9.97. The molecule has 28 heavy (non-hydrogen) atoms. The second kappa shape index (κ2) is 9.01. The lowest BCUT2D eigenvalue weighted by atomic mass is 9.83. The van der Waals surface area contributed by atoms with Crippen molar-refractivity contribution < 1.29 is 23.5 Å². The summed E-state index contributed by atoms with van der Waals surface area (Å²) in [6.45, 7) is 3.30. The second-order valence-electron chi connectivity index (χ2n) is 7.75. The standard InChI is InChI=1S/C21H29FN2O4/c1-15-8-10-21(11-9-15)24(20(26)16-6-3-4-7-17(16)22)18(14-28-21)19(25)23-12-5-13-27-2/h3-4,6-7,15,18H,5,8-14H2,1-2H3,(H,23,25)/t15?,18-,21?/m1/s1. The molecule has 1 aromatic rings. The van der Waals surface area contributed by atoms with Crippen molar-refractivity contribution in [3.63, 3.8) is 0 Å². The number of carbonyl (C=O) groups excluding carboxylic acids is 2. The van der Waals surface area contributed by atoms with Crippen LogP contribution in [0.4, 0.5) is 4.39 Å². The normalized spacial score (nSPS) is 27.2. The summed E-state index contributed by atoms with van der Waals surface area (Å²) in [5.74, 6) is -0.793. The third-order valence-corrected chi connectivity index (χ3v) is 5.77. The maximum absolute atomic E-state index is 14.3. The number of methoxy groups -OCH3 is 1. The Hall–Kier alpha value is -1.99. The molecule has 2 amide bonds. The lowest BCUT2D eigenvalue weighted by Gasteiger charge is -2.43. The molecule has 1 spiro atoms. The van der Waals surface area contributed by atoms with Gasteiger partial charge in [0.05, 0.1) is 12.2 Å². The molecule has 2 aliphatic rings. The van der Waals surface area contributed by atoms with Crippen LogP contribution in [0, 0.1) is 11.7 Å². The van der Waals surface area contributed by atoms with E-state index in [0.29, 0.717) is 38.3 Å². The molecule has 7 heteroatoms. The fraction of sp³-hybridized carbons (Fsp3) is 0.619. The van der Waals surface area contributed by atoms with Gasteiger partial charge in [-0.2, -0.15) is 0 Å². The van der Waals surface area contributed by atoms with E-state index < -0.39 is 23.5 Å². The molecule has 1 atom stereocenters. The molecule has 6 nitrogen and oxygen atoms in total. The summed E-state index contributed by atoms with van der Waals surface area (Å²) in [6.07, 6.45) is 3.80. The van der Waals surface area contributed by atoms with Crippen LogP contribution in [0.25, 0.3) is 0 Å². The molecule has 1 N–H and O–H groups in total. The van der Waals surface area contributed by atoms with Gasteiger partial charge in [-0.05, 0) is 50.2 Å². The summed E-state index contributed by atoms with van der Waals surface area (Å²) in [5, 5.41) is 2.85. The SMILES string of the molecule is COCCCNC(=O)[C@H]1COC2(CCC(C)CC2)N1C(=O)c1ccccc1F. The van der Waals surface area contributed by atoms with Gasteiger partial charge in [0.25, 0.3) is 5.91 Å². The highest BCUT2D eigenvalue weighted by Crippen LogP contribution is 2.43. The second-order valence-corrected chi connectivity index (χ2v) is 7.75. The number of hydrogen-bond acceptors (Lipinski definition) is 4. The molecular weight excluding hydrogens is 363 g/mol. The number of halogens is 1. The molecule has 1 aliphatic heterocycles. The van der Waals surface area contributed by atoms with Crippen LogP contribution >= 0.6 is 0 Å². The average molecular weight is 392 g/mol. The molecule has 1 aliphatic carbocycles. The quantitative estimate of drug-likeness (QED) is 0.756. The molecular formula is C21H29FN2O4. The zero-order valence-corrected chi connectivity index (χ0v) is 16.6. The molecule has 1 aromatic carbocycles. The van der Waals surface area contributed by atoms with Gasteiger partial charge < -0.3 is 14.8 Å². The first-order chi connectivity index (χ1) is 13.5. The van der Waals surface area contributed by atoms with Crippen molar-refractivity contribution in [3.8, 4) is 0 Å². The zero-order valence-electron chi connectivity index (χ0n) is 16.6. The highest BCUT2D eigenvalue weighted by atomic mass is 19.1. The third kappa shape index (κ3) is 4.20. The molecule has 1 saturated carbocycles. The summed E-state index contributed by atoms with van der Waals surface area (Å²) >= 11 is 0. The smallest absolute Gasteiger partial charge is 0.259 e. The molecule has 3 rings (SSSR count). The monoisotopic (exact) mass is 392 g/mol. The minimum atomic E-state index is -0.833. The maximum atomic E-state index is 14.3. The van der Waals surface area contributed by atoms with E-state index >= 15 is 0 Å². The van der Waals surface area contributed by atoms with Crippen molar-refractivity contribution in [1.29, 1.82) is 0 Å². The number of nitrogens with one attached hydrogen (secondary N) is 1.